The van der Waals surface area contributed by atoms with E-state index in [2.05, 4.69) is 4.98 Å². The molecule has 0 aliphatic heterocycles. The molecule has 0 amide bonds. The van der Waals surface area contributed by atoms with Gasteiger partial charge in [-0.15, -0.1) is 0 Å². The van der Waals surface area contributed by atoms with Gasteiger partial charge in [0, 0.05) is 18.4 Å². The summed E-state index contributed by atoms with van der Waals surface area (Å²) in [5.41, 5.74) is 9.29. The molecule has 1 aromatic rings. The van der Waals surface area contributed by atoms with Gasteiger partial charge in [0.2, 0.25) is 0 Å². The average molecular weight is 220 g/mol. The molecule has 1 heterocycles. The van der Waals surface area contributed by atoms with E-state index in [0.29, 0.717) is 0 Å². The summed E-state index contributed by atoms with van der Waals surface area (Å²) in [5.74, 6) is -0.860. The highest BCUT2D eigenvalue weighted by atomic mass is 16.4. The number of hydrogen-bond acceptors (Lipinski definition) is 3. The van der Waals surface area contributed by atoms with Crippen molar-refractivity contribution in [3.63, 3.8) is 0 Å². The molecule has 4 heteroatoms. The molecule has 0 saturated heterocycles. The van der Waals surface area contributed by atoms with Gasteiger partial charge in [0.05, 0.1) is 6.42 Å². The summed E-state index contributed by atoms with van der Waals surface area (Å²) < 4.78 is 0. The quantitative estimate of drug-likeness (QED) is 0.808. The first-order chi connectivity index (χ1) is 7.68. The molecular weight excluding hydrogens is 204 g/mol. The number of aromatic nitrogens is 1. The Bertz CT molecular complexity index is 404. The molecule has 1 atom stereocenters. The zero-order chi connectivity index (χ0) is 11.5. The molecule has 0 saturated carbocycles. The van der Waals surface area contributed by atoms with E-state index in [1.54, 1.807) is 6.20 Å². The topological polar surface area (TPSA) is 76.2 Å². The first-order valence-corrected chi connectivity index (χ1v) is 5.61. The monoisotopic (exact) mass is 220 g/mol. The minimum atomic E-state index is -0.860. The summed E-state index contributed by atoms with van der Waals surface area (Å²) in [4.78, 5) is 14.8. The van der Waals surface area contributed by atoms with Crippen LogP contribution in [0, 0.1) is 0 Å². The van der Waals surface area contributed by atoms with Crippen molar-refractivity contribution in [1.82, 2.24) is 4.98 Å². The predicted octanol–water partition coefficient (Wildman–Crippen LogP) is 1.43. The van der Waals surface area contributed by atoms with E-state index in [1.165, 1.54) is 17.5 Å². The van der Waals surface area contributed by atoms with Crippen molar-refractivity contribution >= 4 is 5.97 Å². The molecule has 3 N–H and O–H groups in total. The normalized spacial score (nSPS) is 16.6. The second-order valence-electron chi connectivity index (χ2n) is 4.28. The lowest BCUT2D eigenvalue weighted by Gasteiger charge is -2.21. The highest BCUT2D eigenvalue weighted by Crippen LogP contribution is 2.27. The van der Waals surface area contributed by atoms with Crippen LogP contribution in [0.3, 0.4) is 0 Å². The van der Waals surface area contributed by atoms with Crippen LogP contribution < -0.4 is 5.73 Å². The molecule has 1 unspecified atom stereocenters. The molecule has 2 rings (SSSR count). The van der Waals surface area contributed by atoms with Crippen LogP contribution in [0.15, 0.2) is 12.4 Å². The zero-order valence-electron chi connectivity index (χ0n) is 9.15. The van der Waals surface area contributed by atoms with Crippen LogP contribution >= 0.6 is 0 Å². The Hall–Kier alpha value is -1.42. The van der Waals surface area contributed by atoms with Gasteiger partial charge in [0.15, 0.2) is 0 Å². The summed E-state index contributed by atoms with van der Waals surface area (Å²) >= 11 is 0. The number of rotatable bonds is 3. The molecule has 0 spiro atoms. The predicted molar refractivity (Wildman–Crippen MR) is 60.1 cm³/mol. The zero-order valence-corrected chi connectivity index (χ0v) is 9.15. The highest BCUT2D eigenvalue weighted by molar-refractivity contribution is 5.68. The van der Waals surface area contributed by atoms with Crippen LogP contribution in [0.25, 0.3) is 0 Å². The third-order valence-corrected chi connectivity index (χ3v) is 3.10. The van der Waals surface area contributed by atoms with Gasteiger partial charge >= 0.3 is 5.97 Å². The number of nitrogens with zero attached hydrogens (tertiary/aromatic N) is 1. The summed E-state index contributed by atoms with van der Waals surface area (Å²) in [5, 5.41) is 8.75. The van der Waals surface area contributed by atoms with Crippen molar-refractivity contribution in [2.75, 3.05) is 0 Å². The number of hydrogen-bond donors (Lipinski definition) is 2. The molecule has 1 aliphatic rings. The fraction of sp³-hybridized carbons (Fsp3) is 0.500. The second kappa shape index (κ2) is 4.61. The third-order valence-electron chi connectivity index (χ3n) is 3.10. The molecule has 0 aromatic carbocycles. The number of aliphatic carboxylic acids is 1. The van der Waals surface area contributed by atoms with Gasteiger partial charge in [-0.05, 0) is 42.4 Å². The second-order valence-corrected chi connectivity index (χ2v) is 4.28. The van der Waals surface area contributed by atoms with Gasteiger partial charge < -0.3 is 10.8 Å². The minimum Gasteiger partial charge on any atom is -0.481 e. The van der Waals surface area contributed by atoms with Gasteiger partial charge in [-0.25, -0.2) is 0 Å². The molecule has 86 valence electrons. The highest BCUT2D eigenvalue weighted by Gasteiger charge is 2.19. The third kappa shape index (κ3) is 2.22. The van der Waals surface area contributed by atoms with Crippen LogP contribution in [0.2, 0.25) is 0 Å². The number of aryl methyl sites for hydroxylation is 1. The fourth-order valence-electron chi connectivity index (χ4n) is 2.30. The minimum absolute atomic E-state index is 0.0296. The number of pyridine rings is 1. The Kier molecular flexibility index (Phi) is 3.19. The Labute approximate surface area is 94.5 Å². The van der Waals surface area contributed by atoms with Crippen LogP contribution in [-0.2, 0) is 17.6 Å². The fourth-order valence-corrected chi connectivity index (χ4v) is 2.30. The van der Waals surface area contributed by atoms with Crippen molar-refractivity contribution in [2.24, 2.45) is 5.73 Å². The summed E-state index contributed by atoms with van der Waals surface area (Å²) in [7, 11) is 0. The van der Waals surface area contributed by atoms with Gasteiger partial charge in [-0.1, -0.05) is 0 Å². The van der Waals surface area contributed by atoms with E-state index in [9.17, 15) is 4.79 Å². The van der Waals surface area contributed by atoms with E-state index in [1.807, 2.05) is 6.20 Å². The molecule has 4 nitrogen and oxygen atoms in total. The Morgan fingerprint density at radius 3 is 2.94 bits per heavy atom. The molecule has 1 aromatic heterocycles. The van der Waals surface area contributed by atoms with Crippen molar-refractivity contribution < 1.29 is 9.90 Å². The van der Waals surface area contributed by atoms with Gasteiger partial charge in [-0.3, -0.25) is 9.78 Å². The van der Waals surface area contributed by atoms with Crippen molar-refractivity contribution in [2.45, 2.75) is 38.1 Å². The lowest BCUT2D eigenvalue weighted by Crippen LogP contribution is -2.19. The summed E-state index contributed by atoms with van der Waals surface area (Å²) in [6.45, 7) is 0. The van der Waals surface area contributed by atoms with E-state index in [-0.39, 0.29) is 6.42 Å². The molecule has 1 aliphatic carbocycles. The maximum absolute atomic E-state index is 10.7. The Morgan fingerprint density at radius 1 is 1.44 bits per heavy atom. The van der Waals surface area contributed by atoms with Crippen LogP contribution in [-0.4, -0.2) is 16.1 Å². The summed E-state index contributed by atoms with van der Waals surface area (Å²) in [6, 6.07) is -0.432. The van der Waals surface area contributed by atoms with E-state index in [4.69, 9.17) is 10.8 Å². The number of fused-ring (bicyclic) bond motifs is 1. The summed E-state index contributed by atoms with van der Waals surface area (Å²) in [6.07, 6.45) is 7.95. The van der Waals surface area contributed by atoms with Crippen molar-refractivity contribution in [3.8, 4) is 0 Å². The van der Waals surface area contributed by atoms with Gasteiger partial charge in [-0.2, -0.15) is 0 Å². The molecule has 16 heavy (non-hydrogen) atoms. The first kappa shape index (κ1) is 11.1. The molecule has 0 radical (unpaired) electrons. The van der Waals surface area contributed by atoms with E-state index in [0.717, 1.165) is 24.8 Å². The van der Waals surface area contributed by atoms with Crippen LogP contribution in [0.5, 0.6) is 0 Å². The Balaban J connectivity index is 2.29. The number of carboxylic acid groups (broad SMARTS) is 1. The van der Waals surface area contributed by atoms with Crippen LogP contribution in [0.4, 0.5) is 0 Å². The molecule has 0 fully saturated rings. The SMILES string of the molecule is NC(CC(=O)O)c1cncc2c1CCCC2. The van der Waals surface area contributed by atoms with E-state index >= 15 is 0 Å². The number of nitrogens with two attached hydrogens (primary N) is 1. The molecule has 0 bridgehead atoms. The average Bonchev–Trinajstić information content (AvgIpc) is 2.27. The number of carbonyl (C=O) groups is 1. The maximum atomic E-state index is 10.7. The lowest BCUT2D eigenvalue weighted by molar-refractivity contribution is -0.137. The Morgan fingerprint density at radius 2 is 2.19 bits per heavy atom. The number of carboxylic acids is 1. The smallest absolute Gasteiger partial charge is 0.305 e. The van der Waals surface area contributed by atoms with Crippen LogP contribution in [0.1, 0.15) is 42.0 Å². The molecular formula is C12H16N2O2. The standard InChI is InChI=1S/C12H16N2O2/c13-11(5-12(15)16)10-7-14-6-8-3-1-2-4-9(8)10/h6-7,11H,1-5,13H2,(H,15,16). The van der Waals surface area contributed by atoms with Gasteiger partial charge in [0.1, 0.15) is 0 Å². The first-order valence-electron chi connectivity index (χ1n) is 5.61. The van der Waals surface area contributed by atoms with Crippen molar-refractivity contribution in [3.05, 3.63) is 29.1 Å². The van der Waals surface area contributed by atoms with Crippen molar-refractivity contribution in [1.29, 1.82) is 0 Å². The maximum Gasteiger partial charge on any atom is 0.305 e. The lowest BCUT2D eigenvalue weighted by atomic mass is 9.87. The largest absolute Gasteiger partial charge is 0.481 e. The van der Waals surface area contributed by atoms with Gasteiger partial charge in [0.25, 0.3) is 0 Å². The van der Waals surface area contributed by atoms with E-state index < -0.39 is 12.0 Å².